The van der Waals surface area contributed by atoms with E-state index < -0.39 is 0 Å². The van der Waals surface area contributed by atoms with Crippen LogP contribution >= 0.6 is 0 Å². The Labute approximate surface area is 172 Å². The van der Waals surface area contributed by atoms with Crippen LogP contribution in [-0.2, 0) is 6.42 Å². The molecule has 2 aliphatic rings. The summed E-state index contributed by atoms with van der Waals surface area (Å²) in [4.78, 5) is 28.0. The topological polar surface area (TPSA) is 64.6 Å². The van der Waals surface area contributed by atoms with Gasteiger partial charge in [0.1, 0.15) is 18.0 Å². The van der Waals surface area contributed by atoms with Crippen LogP contribution in [0.25, 0.3) is 0 Å². The molecule has 2 aliphatic heterocycles. The van der Waals surface area contributed by atoms with Gasteiger partial charge in [0.15, 0.2) is 0 Å². The SMILES string of the molecule is CCc1ccc(NC(=O)N2CCN(c3cc(N4CCCCC4)ncn3)CC2)cc1. The quantitative estimate of drug-likeness (QED) is 0.861. The molecule has 1 N–H and O–H groups in total. The van der Waals surface area contributed by atoms with Gasteiger partial charge >= 0.3 is 6.03 Å². The highest BCUT2D eigenvalue weighted by Crippen LogP contribution is 2.22. The molecule has 7 heteroatoms. The molecule has 4 rings (SSSR count). The van der Waals surface area contributed by atoms with E-state index in [1.807, 2.05) is 17.0 Å². The first kappa shape index (κ1) is 19.5. The number of piperidine rings is 1. The molecule has 0 radical (unpaired) electrons. The maximum absolute atomic E-state index is 12.6. The molecule has 0 saturated carbocycles. The maximum atomic E-state index is 12.6. The lowest BCUT2D eigenvalue weighted by atomic mass is 10.1. The van der Waals surface area contributed by atoms with Crippen molar-refractivity contribution in [2.24, 2.45) is 0 Å². The van der Waals surface area contributed by atoms with Crippen molar-refractivity contribution in [2.45, 2.75) is 32.6 Å². The molecule has 2 saturated heterocycles. The van der Waals surface area contributed by atoms with Crippen LogP contribution in [0.1, 0.15) is 31.7 Å². The lowest BCUT2D eigenvalue weighted by Crippen LogP contribution is -2.50. The largest absolute Gasteiger partial charge is 0.356 e. The van der Waals surface area contributed by atoms with E-state index in [9.17, 15) is 4.79 Å². The van der Waals surface area contributed by atoms with E-state index in [0.29, 0.717) is 13.1 Å². The summed E-state index contributed by atoms with van der Waals surface area (Å²) in [5.74, 6) is 1.97. The van der Waals surface area contributed by atoms with E-state index in [0.717, 1.165) is 49.9 Å². The van der Waals surface area contributed by atoms with Gasteiger partial charge in [-0.1, -0.05) is 19.1 Å². The fourth-order valence-corrected chi connectivity index (χ4v) is 3.97. The van der Waals surface area contributed by atoms with Crippen molar-refractivity contribution in [3.63, 3.8) is 0 Å². The summed E-state index contributed by atoms with van der Waals surface area (Å²) in [6.07, 6.45) is 6.43. The van der Waals surface area contributed by atoms with Gasteiger partial charge in [0.25, 0.3) is 0 Å². The van der Waals surface area contributed by atoms with E-state index in [1.165, 1.54) is 24.8 Å². The Hall–Kier alpha value is -2.83. The molecule has 7 nitrogen and oxygen atoms in total. The number of amides is 2. The van der Waals surface area contributed by atoms with Crippen LogP contribution < -0.4 is 15.1 Å². The van der Waals surface area contributed by atoms with Gasteiger partial charge in [-0.05, 0) is 43.4 Å². The zero-order valence-electron chi connectivity index (χ0n) is 17.2. The molecule has 2 aromatic rings. The number of benzene rings is 1. The van der Waals surface area contributed by atoms with Gasteiger partial charge in [0.05, 0.1) is 0 Å². The lowest BCUT2D eigenvalue weighted by molar-refractivity contribution is 0.208. The normalized spacial score (nSPS) is 17.3. The Balaban J connectivity index is 1.32. The van der Waals surface area contributed by atoms with Gasteiger partial charge in [0.2, 0.25) is 0 Å². The van der Waals surface area contributed by atoms with E-state index in [-0.39, 0.29) is 6.03 Å². The number of carbonyl (C=O) groups is 1. The second kappa shape index (κ2) is 9.11. The Kier molecular flexibility index (Phi) is 6.12. The summed E-state index contributed by atoms with van der Waals surface area (Å²) in [6.45, 7) is 7.19. The number of piperazine rings is 1. The number of nitrogens with one attached hydrogen (secondary N) is 1. The lowest BCUT2D eigenvalue weighted by Gasteiger charge is -2.36. The first-order chi connectivity index (χ1) is 14.2. The van der Waals surface area contributed by atoms with Gasteiger partial charge in [-0.15, -0.1) is 0 Å². The number of nitrogens with zero attached hydrogens (tertiary/aromatic N) is 5. The van der Waals surface area contributed by atoms with Crippen molar-refractivity contribution in [3.05, 3.63) is 42.2 Å². The van der Waals surface area contributed by atoms with Crippen molar-refractivity contribution in [3.8, 4) is 0 Å². The zero-order valence-corrected chi connectivity index (χ0v) is 17.2. The molecule has 0 atom stereocenters. The van der Waals surface area contributed by atoms with E-state index in [2.05, 4.69) is 50.2 Å². The minimum atomic E-state index is -0.0365. The van der Waals surface area contributed by atoms with Crippen molar-refractivity contribution < 1.29 is 4.79 Å². The molecule has 0 aliphatic carbocycles. The highest BCUT2D eigenvalue weighted by Gasteiger charge is 2.23. The molecule has 0 bridgehead atoms. The molecule has 29 heavy (non-hydrogen) atoms. The first-order valence-corrected chi connectivity index (χ1v) is 10.7. The molecule has 0 unspecified atom stereocenters. The van der Waals surface area contributed by atoms with Crippen molar-refractivity contribution >= 4 is 23.4 Å². The molecule has 1 aromatic heterocycles. The fourth-order valence-electron chi connectivity index (χ4n) is 3.97. The van der Waals surface area contributed by atoms with Crippen molar-refractivity contribution in [1.82, 2.24) is 14.9 Å². The van der Waals surface area contributed by atoms with Crippen molar-refractivity contribution in [2.75, 3.05) is 54.4 Å². The number of aromatic nitrogens is 2. The summed E-state index contributed by atoms with van der Waals surface area (Å²) in [6, 6.07) is 10.1. The van der Waals surface area contributed by atoms with Crippen molar-refractivity contribution in [1.29, 1.82) is 0 Å². The molecule has 1 aromatic carbocycles. The number of rotatable bonds is 4. The van der Waals surface area contributed by atoms with E-state index >= 15 is 0 Å². The third kappa shape index (κ3) is 4.78. The van der Waals surface area contributed by atoms with Gasteiger partial charge in [-0.2, -0.15) is 0 Å². The second-order valence-corrected chi connectivity index (χ2v) is 7.74. The average molecular weight is 395 g/mol. The molecule has 2 fully saturated rings. The number of hydrogen-bond donors (Lipinski definition) is 1. The Bertz CT molecular complexity index is 810. The molecule has 0 spiro atoms. The van der Waals surface area contributed by atoms with E-state index in [1.54, 1.807) is 6.33 Å². The highest BCUT2D eigenvalue weighted by molar-refractivity contribution is 5.89. The number of aryl methyl sites for hydroxylation is 1. The smallest absolute Gasteiger partial charge is 0.321 e. The van der Waals surface area contributed by atoms with Gasteiger partial charge in [-0.25, -0.2) is 14.8 Å². The van der Waals surface area contributed by atoms with Gasteiger partial charge in [0, 0.05) is 51.0 Å². The summed E-state index contributed by atoms with van der Waals surface area (Å²) >= 11 is 0. The van der Waals surface area contributed by atoms with Crippen LogP contribution in [-0.4, -0.2) is 60.2 Å². The maximum Gasteiger partial charge on any atom is 0.321 e. The third-order valence-electron chi connectivity index (χ3n) is 5.82. The molecular formula is C22H30N6O. The minimum absolute atomic E-state index is 0.0365. The number of hydrogen-bond acceptors (Lipinski definition) is 5. The van der Waals surface area contributed by atoms with Gasteiger partial charge < -0.3 is 20.0 Å². The first-order valence-electron chi connectivity index (χ1n) is 10.7. The average Bonchev–Trinajstić information content (AvgIpc) is 2.80. The highest BCUT2D eigenvalue weighted by atomic mass is 16.2. The second-order valence-electron chi connectivity index (χ2n) is 7.74. The molecule has 3 heterocycles. The van der Waals surface area contributed by atoms with E-state index in [4.69, 9.17) is 0 Å². The standard InChI is InChI=1S/C22H30N6O/c1-2-18-6-8-19(9-7-18)25-22(29)28-14-12-27(13-15-28)21-16-20(23-17-24-21)26-10-4-3-5-11-26/h6-9,16-17H,2-5,10-15H2,1H3,(H,25,29). The number of carbonyl (C=O) groups excluding carboxylic acids is 1. The predicted octanol–water partition coefficient (Wildman–Crippen LogP) is 3.38. The summed E-state index contributed by atoms with van der Waals surface area (Å²) < 4.78 is 0. The van der Waals surface area contributed by atoms with Crippen LogP contribution in [0.5, 0.6) is 0 Å². The van der Waals surface area contributed by atoms with Crippen LogP contribution in [0.4, 0.5) is 22.1 Å². The summed E-state index contributed by atoms with van der Waals surface area (Å²) in [5.41, 5.74) is 2.11. The summed E-state index contributed by atoms with van der Waals surface area (Å²) in [7, 11) is 0. The Morgan fingerprint density at radius 1 is 0.897 bits per heavy atom. The number of urea groups is 1. The minimum Gasteiger partial charge on any atom is -0.356 e. The number of anilines is 3. The third-order valence-corrected chi connectivity index (χ3v) is 5.82. The van der Waals surface area contributed by atoms with Crippen LogP contribution in [0.3, 0.4) is 0 Å². The van der Waals surface area contributed by atoms with Crippen LogP contribution in [0, 0.1) is 0 Å². The molecule has 2 amide bonds. The zero-order chi connectivity index (χ0) is 20.1. The molecule has 154 valence electrons. The Morgan fingerprint density at radius 3 is 2.14 bits per heavy atom. The molecular weight excluding hydrogens is 364 g/mol. The van der Waals surface area contributed by atoms with Crippen LogP contribution in [0.2, 0.25) is 0 Å². The fraction of sp³-hybridized carbons (Fsp3) is 0.500. The Morgan fingerprint density at radius 2 is 1.52 bits per heavy atom. The van der Waals surface area contributed by atoms with Gasteiger partial charge in [-0.3, -0.25) is 0 Å². The van der Waals surface area contributed by atoms with Crippen LogP contribution in [0.15, 0.2) is 36.7 Å². The predicted molar refractivity (Wildman–Crippen MR) is 117 cm³/mol. The summed E-state index contributed by atoms with van der Waals surface area (Å²) in [5, 5.41) is 3.01. The monoisotopic (exact) mass is 394 g/mol.